The molecule has 1 aliphatic rings. The van der Waals surface area contributed by atoms with Gasteiger partial charge in [-0.3, -0.25) is 19.3 Å². The van der Waals surface area contributed by atoms with E-state index in [2.05, 4.69) is 0 Å². The summed E-state index contributed by atoms with van der Waals surface area (Å²) in [6.07, 6.45) is -0.181. The van der Waals surface area contributed by atoms with Crippen LogP contribution >= 0.6 is 23.2 Å². The van der Waals surface area contributed by atoms with Crippen molar-refractivity contribution in [3.8, 4) is 0 Å². The van der Waals surface area contributed by atoms with Crippen LogP contribution in [0.1, 0.15) is 22.7 Å². The molecule has 0 aliphatic carbocycles. The zero-order valence-corrected chi connectivity index (χ0v) is 18.5. The molecule has 0 spiro atoms. The molecule has 1 unspecified atom stereocenters. The van der Waals surface area contributed by atoms with Gasteiger partial charge in [0.15, 0.2) is 0 Å². The molecule has 1 aliphatic heterocycles. The number of rotatable bonds is 5. The lowest BCUT2D eigenvalue weighted by Gasteiger charge is -2.26. The van der Waals surface area contributed by atoms with Gasteiger partial charge < -0.3 is 10.2 Å². The van der Waals surface area contributed by atoms with Gasteiger partial charge in [0.1, 0.15) is 5.76 Å². The quantitative estimate of drug-likeness (QED) is 0.295. The Hall–Kier alpha value is -3.61. The van der Waals surface area contributed by atoms with Crippen LogP contribution in [0.5, 0.6) is 0 Å². The van der Waals surface area contributed by atoms with Crippen LogP contribution in [0.15, 0.2) is 78.4 Å². The maximum atomic E-state index is 13.2. The van der Waals surface area contributed by atoms with E-state index < -0.39 is 29.5 Å². The average Bonchev–Trinajstić information content (AvgIpc) is 3.05. The minimum atomic E-state index is -1.01. The van der Waals surface area contributed by atoms with Crippen molar-refractivity contribution in [1.82, 2.24) is 0 Å². The van der Waals surface area contributed by atoms with Gasteiger partial charge in [-0.05, 0) is 41.5 Å². The van der Waals surface area contributed by atoms with Crippen LogP contribution in [0.2, 0.25) is 10.0 Å². The van der Waals surface area contributed by atoms with E-state index in [1.807, 2.05) is 0 Å². The Morgan fingerprint density at radius 1 is 0.848 bits per heavy atom. The maximum Gasteiger partial charge on any atom is 0.307 e. The first-order valence-corrected chi connectivity index (χ1v) is 10.7. The molecule has 33 heavy (non-hydrogen) atoms. The lowest BCUT2D eigenvalue weighted by molar-refractivity contribution is -0.136. The standard InChI is InChI=1S/C25H17Cl2NO5/c26-18-7-3-1-5-16(18)22-21(23(31)17-6-2-4-8-19(17)27)24(32)25(33)28(22)15-11-9-14(10-12-15)13-20(29)30/h1-12,22,31H,13H2,(H,29,30)/b23-21+. The molecule has 0 aromatic heterocycles. The molecule has 4 rings (SSSR count). The molecule has 3 aromatic rings. The summed E-state index contributed by atoms with van der Waals surface area (Å²) in [5.74, 6) is -3.13. The van der Waals surface area contributed by atoms with Gasteiger partial charge in [0, 0.05) is 16.3 Å². The predicted octanol–water partition coefficient (Wildman–Crippen LogP) is 5.25. The summed E-state index contributed by atoms with van der Waals surface area (Å²) < 4.78 is 0. The molecular weight excluding hydrogens is 465 g/mol. The van der Waals surface area contributed by atoms with Gasteiger partial charge >= 0.3 is 5.97 Å². The number of amides is 1. The van der Waals surface area contributed by atoms with E-state index in [0.717, 1.165) is 0 Å². The normalized spacial score (nSPS) is 17.4. The SMILES string of the molecule is O=C(O)Cc1ccc(N2C(=O)C(=O)/C(=C(/O)c3ccccc3Cl)C2c2ccccc2Cl)cc1. The largest absolute Gasteiger partial charge is 0.507 e. The van der Waals surface area contributed by atoms with E-state index in [1.165, 1.54) is 4.90 Å². The number of carboxylic acids is 1. The number of ketones is 1. The molecule has 0 radical (unpaired) electrons. The fraction of sp³-hybridized carbons (Fsp3) is 0.0800. The summed E-state index contributed by atoms with van der Waals surface area (Å²) in [6, 6.07) is 18.4. The fourth-order valence-electron chi connectivity index (χ4n) is 3.84. The predicted molar refractivity (Wildman–Crippen MR) is 125 cm³/mol. The van der Waals surface area contributed by atoms with Crippen molar-refractivity contribution in [2.24, 2.45) is 0 Å². The molecule has 0 bridgehead atoms. The number of aliphatic carboxylic acids is 1. The Balaban J connectivity index is 1.92. The second-order valence-corrected chi connectivity index (χ2v) is 8.22. The van der Waals surface area contributed by atoms with Crippen molar-refractivity contribution < 1.29 is 24.6 Å². The first-order chi connectivity index (χ1) is 15.8. The molecule has 1 amide bonds. The van der Waals surface area contributed by atoms with Crippen LogP contribution < -0.4 is 4.90 Å². The fourth-order valence-corrected chi connectivity index (χ4v) is 4.30. The number of benzene rings is 3. The highest BCUT2D eigenvalue weighted by Gasteiger charge is 2.47. The van der Waals surface area contributed by atoms with Gasteiger partial charge in [0.25, 0.3) is 11.7 Å². The lowest BCUT2D eigenvalue weighted by Crippen LogP contribution is -2.29. The van der Waals surface area contributed by atoms with E-state index in [4.69, 9.17) is 28.3 Å². The molecule has 3 aromatic carbocycles. The number of aliphatic hydroxyl groups is 1. The highest BCUT2D eigenvalue weighted by atomic mass is 35.5. The Labute approximate surface area is 199 Å². The number of carbonyl (C=O) groups is 3. The molecule has 166 valence electrons. The molecule has 1 heterocycles. The van der Waals surface area contributed by atoms with Crippen molar-refractivity contribution in [2.45, 2.75) is 12.5 Å². The summed E-state index contributed by atoms with van der Waals surface area (Å²) in [6.45, 7) is 0. The Morgan fingerprint density at radius 2 is 1.45 bits per heavy atom. The van der Waals surface area contributed by atoms with E-state index in [0.29, 0.717) is 21.8 Å². The second-order valence-electron chi connectivity index (χ2n) is 7.41. The van der Waals surface area contributed by atoms with Gasteiger partial charge in [-0.25, -0.2) is 0 Å². The minimum Gasteiger partial charge on any atom is -0.507 e. The van der Waals surface area contributed by atoms with Crippen LogP contribution in [-0.4, -0.2) is 27.9 Å². The van der Waals surface area contributed by atoms with E-state index in [1.54, 1.807) is 72.8 Å². The molecule has 2 N–H and O–H groups in total. The van der Waals surface area contributed by atoms with Gasteiger partial charge in [-0.2, -0.15) is 0 Å². The molecule has 1 atom stereocenters. The molecule has 8 heteroatoms. The number of hydrogen-bond acceptors (Lipinski definition) is 4. The van der Waals surface area contributed by atoms with Crippen LogP contribution in [0.4, 0.5) is 5.69 Å². The molecule has 1 fully saturated rings. The van der Waals surface area contributed by atoms with E-state index >= 15 is 0 Å². The van der Waals surface area contributed by atoms with E-state index in [9.17, 15) is 19.5 Å². The number of hydrogen-bond donors (Lipinski definition) is 2. The molecular formula is C25H17Cl2NO5. The Morgan fingerprint density at radius 3 is 2.06 bits per heavy atom. The third-order valence-electron chi connectivity index (χ3n) is 5.34. The summed E-state index contributed by atoms with van der Waals surface area (Å²) in [4.78, 5) is 38.5. The summed E-state index contributed by atoms with van der Waals surface area (Å²) in [7, 11) is 0. The summed E-state index contributed by atoms with van der Waals surface area (Å²) >= 11 is 12.7. The summed E-state index contributed by atoms with van der Waals surface area (Å²) in [5.41, 5.74) is 1.41. The number of carbonyl (C=O) groups excluding carboxylic acids is 2. The van der Waals surface area contributed by atoms with Gasteiger partial charge in [-0.15, -0.1) is 0 Å². The van der Waals surface area contributed by atoms with Crippen LogP contribution in [-0.2, 0) is 20.8 Å². The van der Waals surface area contributed by atoms with Gasteiger partial charge in [0.2, 0.25) is 0 Å². The molecule has 1 saturated heterocycles. The zero-order chi connectivity index (χ0) is 23.7. The van der Waals surface area contributed by atoms with Crippen LogP contribution in [0, 0.1) is 0 Å². The summed E-state index contributed by atoms with van der Waals surface area (Å²) in [5, 5.41) is 20.6. The number of halogens is 2. The van der Waals surface area contributed by atoms with Crippen molar-refractivity contribution in [3.63, 3.8) is 0 Å². The number of aliphatic hydroxyl groups excluding tert-OH is 1. The molecule has 6 nitrogen and oxygen atoms in total. The van der Waals surface area contributed by atoms with Gasteiger partial charge in [-0.1, -0.05) is 65.7 Å². The van der Waals surface area contributed by atoms with Crippen molar-refractivity contribution >= 4 is 52.3 Å². The number of anilines is 1. The first kappa shape index (κ1) is 22.6. The maximum absolute atomic E-state index is 13.2. The monoisotopic (exact) mass is 481 g/mol. The van der Waals surface area contributed by atoms with Crippen molar-refractivity contribution in [2.75, 3.05) is 4.90 Å². The van der Waals surface area contributed by atoms with E-state index in [-0.39, 0.29) is 22.6 Å². The first-order valence-electron chi connectivity index (χ1n) is 9.90. The topological polar surface area (TPSA) is 94.9 Å². The zero-order valence-electron chi connectivity index (χ0n) is 17.0. The number of carboxylic acid groups (broad SMARTS) is 1. The Kier molecular flexibility index (Phi) is 6.22. The highest BCUT2D eigenvalue weighted by molar-refractivity contribution is 6.52. The smallest absolute Gasteiger partial charge is 0.307 e. The third-order valence-corrected chi connectivity index (χ3v) is 6.02. The average molecular weight is 482 g/mol. The van der Waals surface area contributed by atoms with Crippen LogP contribution in [0.3, 0.4) is 0 Å². The lowest BCUT2D eigenvalue weighted by atomic mass is 9.95. The number of nitrogens with zero attached hydrogens (tertiary/aromatic N) is 1. The molecule has 0 saturated carbocycles. The minimum absolute atomic E-state index is 0.143. The van der Waals surface area contributed by atoms with Crippen LogP contribution in [0.25, 0.3) is 5.76 Å². The highest BCUT2D eigenvalue weighted by Crippen LogP contribution is 2.44. The third kappa shape index (κ3) is 4.23. The number of Topliss-reactive ketones (excluding diaryl/α,β-unsaturated/α-hetero) is 1. The second kappa shape index (κ2) is 9.10. The van der Waals surface area contributed by atoms with Crippen molar-refractivity contribution in [3.05, 3.63) is 105 Å². The Bertz CT molecular complexity index is 1300. The van der Waals surface area contributed by atoms with Crippen molar-refractivity contribution in [1.29, 1.82) is 0 Å². The van der Waals surface area contributed by atoms with Gasteiger partial charge in [0.05, 0.1) is 23.1 Å².